The smallest absolute Gasteiger partial charge is 0.280 e. The Balaban J connectivity index is 1.61. The second kappa shape index (κ2) is 6.98. The molecule has 0 aliphatic heterocycles. The monoisotopic (exact) mass is 396 g/mol. The lowest BCUT2D eigenvalue weighted by molar-refractivity contribution is 0.598. The summed E-state index contributed by atoms with van der Waals surface area (Å²) in [5.74, 6) is 0. The molecule has 0 spiro atoms. The van der Waals surface area contributed by atoms with Gasteiger partial charge in [-0.15, -0.1) is 11.3 Å². The molecular weight excluding hydrogens is 380 g/mol. The van der Waals surface area contributed by atoms with Crippen molar-refractivity contribution in [2.45, 2.75) is 5.03 Å². The fraction of sp³-hybridized carbons (Fsp3) is 0.0526. The maximum atomic E-state index is 12.5. The molecule has 2 heterocycles. The standard InChI is InChI=1S/C19H16N4O2S2/c1-23-11-18(20-13-23)27(24,25)22-16-9-5-8-15(10-16)17-12-26-19(21-17)14-6-3-2-4-7-14/h2-13,22H,1H3. The third kappa shape index (κ3) is 3.76. The number of hydrogen-bond donors (Lipinski definition) is 1. The van der Waals surface area contributed by atoms with Gasteiger partial charge in [0.1, 0.15) is 5.01 Å². The first-order valence-electron chi connectivity index (χ1n) is 8.13. The van der Waals surface area contributed by atoms with E-state index < -0.39 is 10.0 Å². The van der Waals surface area contributed by atoms with Crippen LogP contribution in [0.4, 0.5) is 5.69 Å². The molecule has 6 nitrogen and oxygen atoms in total. The van der Waals surface area contributed by atoms with Crippen LogP contribution in [0.2, 0.25) is 0 Å². The minimum absolute atomic E-state index is 0.0181. The van der Waals surface area contributed by atoms with E-state index in [1.165, 1.54) is 12.5 Å². The van der Waals surface area contributed by atoms with Crippen molar-refractivity contribution in [1.82, 2.24) is 14.5 Å². The largest absolute Gasteiger partial charge is 0.339 e. The molecule has 2 aromatic carbocycles. The zero-order chi connectivity index (χ0) is 18.9. The Labute approximate surface area is 161 Å². The van der Waals surface area contributed by atoms with E-state index in [-0.39, 0.29) is 5.03 Å². The number of imidazole rings is 1. The third-order valence-corrected chi connectivity index (χ3v) is 6.05. The van der Waals surface area contributed by atoms with Gasteiger partial charge in [-0.25, -0.2) is 9.97 Å². The van der Waals surface area contributed by atoms with E-state index in [0.717, 1.165) is 21.8 Å². The van der Waals surface area contributed by atoms with E-state index in [1.54, 1.807) is 41.2 Å². The lowest BCUT2D eigenvalue weighted by Gasteiger charge is -2.07. The average Bonchev–Trinajstić information content (AvgIpc) is 3.32. The number of nitrogens with zero attached hydrogens (tertiary/aromatic N) is 3. The average molecular weight is 396 g/mol. The number of aromatic nitrogens is 3. The number of hydrogen-bond acceptors (Lipinski definition) is 5. The Morgan fingerprint density at radius 1 is 1.04 bits per heavy atom. The third-order valence-electron chi connectivity index (χ3n) is 3.89. The molecule has 0 fully saturated rings. The van der Waals surface area contributed by atoms with Crippen LogP contribution in [0.3, 0.4) is 0 Å². The van der Waals surface area contributed by atoms with E-state index in [0.29, 0.717) is 5.69 Å². The molecule has 0 radical (unpaired) electrons. The molecular formula is C19H16N4O2S2. The Kier molecular flexibility index (Phi) is 4.51. The van der Waals surface area contributed by atoms with Crippen LogP contribution in [-0.2, 0) is 17.1 Å². The van der Waals surface area contributed by atoms with Crippen molar-refractivity contribution < 1.29 is 8.42 Å². The quantitative estimate of drug-likeness (QED) is 0.553. The number of anilines is 1. The lowest BCUT2D eigenvalue weighted by Crippen LogP contribution is -2.13. The summed E-state index contributed by atoms with van der Waals surface area (Å²) in [4.78, 5) is 8.58. The molecule has 0 unspecified atom stereocenters. The predicted molar refractivity (Wildman–Crippen MR) is 107 cm³/mol. The maximum Gasteiger partial charge on any atom is 0.280 e. The molecule has 0 amide bonds. The van der Waals surface area contributed by atoms with Gasteiger partial charge in [0.05, 0.1) is 12.0 Å². The van der Waals surface area contributed by atoms with Gasteiger partial charge in [-0.05, 0) is 12.1 Å². The van der Waals surface area contributed by atoms with E-state index in [4.69, 9.17) is 0 Å². The summed E-state index contributed by atoms with van der Waals surface area (Å²) in [6.45, 7) is 0. The highest BCUT2D eigenvalue weighted by Crippen LogP contribution is 2.30. The number of thiazole rings is 1. The fourth-order valence-corrected chi connectivity index (χ4v) is 4.46. The molecule has 0 atom stereocenters. The molecule has 1 N–H and O–H groups in total. The van der Waals surface area contributed by atoms with Gasteiger partial charge in [-0.1, -0.05) is 42.5 Å². The topological polar surface area (TPSA) is 76.9 Å². The molecule has 0 aliphatic rings. The van der Waals surface area contributed by atoms with Gasteiger partial charge in [0.25, 0.3) is 10.0 Å². The second-order valence-corrected chi connectivity index (χ2v) is 8.45. The SMILES string of the molecule is Cn1cnc(S(=O)(=O)Nc2cccc(-c3csc(-c4ccccc4)n3)c2)c1. The summed E-state index contributed by atoms with van der Waals surface area (Å²) >= 11 is 1.55. The zero-order valence-electron chi connectivity index (χ0n) is 14.4. The van der Waals surface area contributed by atoms with Crippen LogP contribution >= 0.6 is 11.3 Å². The summed E-state index contributed by atoms with van der Waals surface area (Å²) in [5, 5.41) is 2.87. The van der Waals surface area contributed by atoms with Gasteiger partial charge in [0.15, 0.2) is 5.03 Å². The molecule has 8 heteroatoms. The van der Waals surface area contributed by atoms with E-state index >= 15 is 0 Å². The van der Waals surface area contributed by atoms with Crippen LogP contribution in [0.5, 0.6) is 0 Å². The van der Waals surface area contributed by atoms with E-state index in [9.17, 15) is 8.42 Å². The Hall–Kier alpha value is -2.97. The molecule has 0 saturated heterocycles. The molecule has 2 aromatic heterocycles. The van der Waals surface area contributed by atoms with Gasteiger partial charge < -0.3 is 4.57 Å². The molecule has 136 valence electrons. The summed E-state index contributed by atoms with van der Waals surface area (Å²) in [7, 11) is -2.01. The van der Waals surface area contributed by atoms with Crippen molar-refractivity contribution >= 4 is 27.0 Å². The maximum absolute atomic E-state index is 12.5. The van der Waals surface area contributed by atoms with Crippen molar-refractivity contribution in [1.29, 1.82) is 0 Å². The van der Waals surface area contributed by atoms with E-state index in [1.807, 2.05) is 41.8 Å². The van der Waals surface area contributed by atoms with Gasteiger partial charge in [0, 0.05) is 35.4 Å². The Morgan fingerprint density at radius 2 is 1.81 bits per heavy atom. The Bertz CT molecular complexity index is 1180. The molecule has 0 aliphatic carbocycles. The molecule has 27 heavy (non-hydrogen) atoms. The predicted octanol–water partition coefficient (Wildman–Crippen LogP) is 4.01. The summed E-state index contributed by atoms with van der Waals surface area (Å²) in [6.07, 6.45) is 2.91. The van der Waals surface area contributed by atoms with Crippen molar-refractivity contribution in [3.63, 3.8) is 0 Å². The highest BCUT2D eigenvalue weighted by Gasteiger charge is 2.17. The minimum atomic E-state index is -3.73. The van der Waals surface area contributed by atoms with Gasteiger partial charge in [-0.2, -0.15) is 8.42 Å². The van der Waals surface area contributed by atoms with Crippen molar-refractivity contribution in [3.8, 4) is 21.8 Å². The number of benzene rings is 2. The highest BCUT2D eigenvalue weighted by atomic mass is 32.2. The van der Waals surface area contributed by atoms with E-state index in [2.05, 4.69) is 14.7 Å². The van der Waals surface area contributed by atoms with Gasteiger partial charge in [-0.3, -0.25) is 4.72 Å². The molecule has 0 bridgehead atoms. The van der Waals surface area contributed by atoms with Crippen LogP contribution < -0.4 is 4.72 Å². The zero-order valence-corrected chi connectivity index (χ0v) is 16.0. The summed E-state index contributed by atoms with van der Waals surface area (Å²) in [6, 6.07) is 17.1. The number of aryl methyl sites for hydroxylation is 1. The van der Waals surface area contributed by atoms with Crippen LogP contribution in [0.1, 0.15) is 0 Å². The summed E-state index contributed by atoms with van der Waals surface area (Å²) < 4.78 is 29.1. The summed E-state index contributed by atoms with van der Waals surface area (Å²) in [5.41, 5.74) is 3.17. The van der Waals surface area contributed by atoms with Crippen molar-refractivity contribution in [2.75, 3.05) is 4.72 Å². The van der Waals surface area contributed by atoms with Crippen LogP contribution in [0.25, 0.3) is 21.8 Å². The number of sulfonamides is 1. The second-order valence-electron chi connectivity index (χ2n) is 5.97. The Morgan fingerprint density at radius 3 is 2.56 bits per heavy atom. The van der Waals surface area contributed by atoms with Gasteiger partial charge >= 0.3 is 0 Å². The van der Waals surface area contributed by atoms with Gasteiger partial charge in [0.2, 0.25) is 0 Å². The first kappa shape index (κ1) is 17.4. The van der Waals surface area contributed by atoms with Crippen LogP contribution in [0, 0.1) is 0 Å². The molecule has 4 aromatic rings. The molecule has 4 rings (SSSR count). The van der Waals surface area contributed by atoms with Crippen LogP contribution in [-0.4, -0.2) is 23.0 Å². The van der Waals surface area contributed by atoms with Crippen molar-refractivity contribution in [2.24, 2.45) is 7.05 Å². The minimum Gasteiger partial charge on any atom is -0.339 e. The first-order valence-corrected chi connectivity index (χ1v) is 10.5. The fourth-order valence-electron chi connectivity index (χ4n) is 2.60. The van der Waals surface area contributed by atoms with Crippen LogP contribution in [0.15, 0.2) is 77.5 Å². The van der Waals surface area contributed by atoms with Crippen molar-refractivity contribution in [3.05, 3.63) is 72.5 Å². The first-order chi connectivity index (χ1) is 13.0. The number of rotatable bonds is 5. The highest BCUT2D eigenvalue weighted by molar-refractivity contribution is 7.92. The molecule has 0 saturated carbocycles. The normalized spacial score (nSPS) is 11.4. The lowest BCUT2D eigenvalue weighted by atomic mass is 10.1. The number of nitrogens with one attached hydrogen (secondary N) is 1.